The van der Waals surface area contributed by atoms with Crippen LogP contribution in [-0.2, 0) is 0 Å². The molecule has 22 heavy (non-hydrogen) atoms. The van der Waals surface area contributed by atoms with Gasteiger partial charge in [-0.05, 0) is 47.1 Å². The minimum Gasteiger partial charge on any atom is -0.507 e. The number of benzene rings is 1. The maximum atomic E-state index is 10.6. The van der Waals surface area contributed by atoms with Gasteiger partial charge in [0.2, 0.25) is 0 Å². The fraction of sp³-hybridized carbons (Fsp3) is 0.667. The van der Waals surface area contributed by atoms with Gasteiger partial charge >= 0.3 is 0 Å². The lowest BCUT2D eigenvalue weighted by molar-refractivity contribution is 0.291. The van der Waals surface area contributed by atoms with Gasteiger partial charge in [0, 0.05) is 24.7 Å². The molecule has 0 spiro atoms. The van der Waals surface area contributed by atoms with Gasteiger partial charge in [0.25, 0.3) is 0 Å². The summed E-state index contributed by atoms with van der Waals surface area (Å²) < 4.78 is 0. The van der Waals surface area contributed by atoms with Crippen molar-refractivity contribution in [1.29, 1.82) is 0 Å². The largest absolute Gasteiger partial charge is 0.507 e. The van der Waals surface area contributed by atoms with Crippen LogP contribution in [0.1, 0.15) is 68.0 Å². The summed E-state index contributed by atoms with van der Waals surface area (Å²) in [6.45, 7) is 10.8. The normalized spacial score (nSPS) is 19.5. The molecule has 0 aromatic heterocycles. The Morgan fingerprint density at radius 3 is 2.32 bits per heavy atom. The Balaban J connectivity index is 2.37. The Morgan fingerprint density at radius 2 is 1.82 bits per heavy atom. The van der Waals surface area contributed by atoms with Crippen LogP contribution in [0.25, 0.3) is 0 Å². The van der Waals surface area contributed by atoms with Crippen LogP contribution >= 0.6 is 23.4 Å². The lowest BCUT2D eigenvalue weighted by Gasteiger charge is -2.26. The fourth-order valence-electron chi connectivity index (χ4n) is 3.03. The zero-order valence-corrected chi connectivity index (χ0v) is 15.7. The standard InChI is InChI=1S/C18H28ClNOS/c1-12(2)15-10-14(11-16(13(3)4)17(15)21)18-20(7-5-6-19)8-9-22-18/h10-13,18,21H,5-9H2,1-4H3. The highest BCUT2D eigenvalue weighted by atomic mass is 35.5. The molecule has 1 fully saturated rings. The minimum absolute atomic E-state index is 0.333. The van der Waals surface area contributed by atoms with Crippen LogP contribution < -0.4 is 0 Å². The van der Waals surface area contributed by atoms with Crippen molar-refractivity contribution in [2.45, 2.75) is 51.3 Å². The molecule has 1 aliphatic heterocycles. The van der Waals surface area contributed by atoms with E-state index in [2.05, 4.69) is 44.7 Å². The first-order valence-corrected chi connectivity index (χ1v) is 9.82. The highest BCUT2D eigenvalue weighted by Crippen LogP contribution is 2.43. The van der Waals surface area contributed by atoms with E-state index in [4.69, 9.17) is 11.6 Å². The number of rotatable bonds is 6. The van der Waals surface area contributed by atoms with Crippen LogP contribution in [-0.4, -0.2) is 34.7 Å². The van der Waals surface area contributed by atoms with Crippen molar-refractivity contribution in [2.24, 2.45) is 0 Å². The molecule has 1 aromatic carbocycles. The van der Waals surface area contributed by atoms with Crippen LogP contribution in [0, 0.1) is 0 Å². The van der Waals surface area contributed by atoms with Crippen LogP contribution in [0.5, 0.6) is 5.75 Å². The Hall–Kier alpha value is -0.380. The summed E-state index contributed by atoms with van der Waals surface area (Å²) in [7, 11) is 0. The molecule has 1 unspecified atom stereocenters. The van der Waals surface area contributed by atoms with E-state index in [1.807, 2.05) is 11.8 Å². The average molecular weight is 342 g/mol. The monoisotopic (exact) mass is 341 g/mol. The average Bonchev–Trinajstić information content (AvgIpc) is 2.93. The van der Waals surface area contributed by atoms with E-state index in [0.717, 1.165) is 36.5 Å². The summed E-state index contributed by atoms with van der Waals surface area (Å²) in [4.78, 5) is 2.52. The Morgan fingerprint density at radius 1 is 1.23 bits per heavy atom. The SMILES string of the molecule is CC(C)c1cc(C2SCCN2CCCCl)cc(C(C)C)c1O. The first-order valence-electron chi connectivity index (χ1n) is 8.24. The summed E-state index contributed by atoms with van der Waals surface area (Å²) >= 11 is 7.86. The van der Waals surface area contributed by atoms with Crippen molar-refractivity contribution in [3.8, 4) is 5.75 Å². The van der Waals surface area contributed by atoms with Crippen LogP contribution in [0.4, 0.5) is 0 Å². The third-order valence-corrected chi connectivity index (χ3v) is 5.86. The van der Waals surface area contributed by atoms with Gasteiger partial charge < -0.3 is 5.11 Å². The molecule has 2 rings (SSSR count). The maximum Gasteiger partial charge on any atom is 0.122 e. The number of thioether (sulfide) groups is 1. The topological polar surface area (TPSA) is 23.5 Å². The lowest BCUT2D eigenvalue weighted by atomic mass is 9.91. The Labute approximate surface area is 144 Å². The van der Waals surface area contributed by atoms with Crippen LogP contribution in [0.3, 0.4) is 0 Å². The van der Waals surface area contributed by atoms with Crippen molar-refractivity contribution in [3.05, 3.63) is 28.8 Å². The van der Waals surface area contributed by atoms with Crippen molar-refractivity contribution in [2.75, 3.05) is 24.7 Å². The molecule has 2 nitrogen and oxygen atoms in total. The molecule has 0 aliphatic carbocycles. The molecule has 0 saturated carbocycles. The summed E-state index contributed by atoms with van der Waals surface area (Å²) in [6, 6.07) is 4.42. The molecule has 0 amide bonds. The molecule has 0 radical (unpaired) electrons. The Kier molecular flexibility index (Phi) is 6.48. The molecular formula is C18H28ClNOS. The molecule has 1 N–H and O–H groups in total. The minimum atomic E-state index is 0.333. The van der Waals surface area contributed by atoms with Gasteiger partial charge in [0.05, 0.1) is 5.37 Å². The zero-order chi connectivity index (χ0) is 16.3. The van der Waals surface area contributed by atoms with Crippen molar-refractivity contribution >= 4 is 23.4 Å². The summed E-state index contributed by atoms with van der Waals surface area (Å²) in [6.07, 6.45) is 1.03. The summed E-state index contributed by atoms with van der Waals surface area (Å²) in [5.41, 5.74) is 3.49. The molecule has 1 atom stereocenters. The van der Waals surface area contributed by atoms with Gasteiger partial charge in [0.15, 0.2) is 0 Å². The third-order valence-electron chi connectivity index (χ3n) is 4.29. The number of hydrogen-bond acceptors (Lipinski definition) is 3. The van der Waals surface area contributed by atoms with Crippen LogP contribution in [0.2, 0.25) is 0 Å². The Bertz CT molecular complexity index is 475. The van der Waals surface area contributed by atoms with Crippen LogP contribution in [0.15, 0.2) is 12.1 Å². The molecule has 1 heterocycles. The maximum absolute atomic E-state index is 10.6. The van der Waals surface area contributed by atoms with E-state index in [0.29, 0.717) is 23.0 Å². The fourth-order valence-corrected chi connectivity index (χ4v) is 4.46. The van der Waals surface area contributed by atoms with Gasteiger partial charge in [-0.25, -0.2) is 0 Å². The summed E-state index contributed by atoms with van der Waals surface area (Å²) in [5.74, 6) is 3.05. The number of phenolic OH excluding ortho intramolecular Hbond substituents is 1. The van der Waals surface area contributed by atoms with E-state index in [-0.39, 0.29) is 0 Å². The lowest BCUT2D eigenvalue weighted by Crippen LogP contribution is -2.24. The van der Waals surface area contributed by atoms with Crippen molar-refractivity contribution in [1.82, 2.24) is 4.90 Å². The molecule has 0 bridgehead atoms. The number of halogens is 1. The second-order valence-corrected chi connectivity index (χ2v) is 8.23. The van der Waals surface area contributed by atoms with E-state index in [1.54, 1.807) is 0 Å². The van der Waals surface area contributed by atoms with Crippen molar-refractivity contribution < 1.29 is 5.11 Å². The highest BCUT2D eigenvalue weighted by molar-refractivity contribution is 7.99. The van der Waals surface area contributed by atoms with Gasteiger partial charge in [-0.2, -0.15) is 0 Å². The second kappa shape index (κ2) is 7.94. The quantitative estimate of drug-likeness (QED) is 0.709. The van der Waals surface area contributed by atoms with E-state index < -0.39 is 0 Å². The molecule has 1 aromatic rings. The number of nitrogens with zero attached hydrogens (tertiary/aromatic N) is 1. The number of aromatic hydroxyl groups is 1. The van der Waals surface area contributed by atoms with E-state index >= 15 is 0 Å². The predicted molar refractivity (Wildman–Crippen MR) is 98.4 cm³/mol. The van der Waals surface area contributed by atoms with Gasteiger partial charge in [-0.3, -0.25) is 4.90 Å². The number of hydrogen-bond donors (Lipinski definition) is 1. The molecular weight excluding hydrogens is 314 g/mol. The third kappa shape index (κ3) is 3.93. The zero-order valence-electron chi connectivity index (χ0n) is 14.1. The number of alkyl halides is 1. The first-order chi connectivity index (χ1) is 10.5. The number of phenols is 1. The summed E-state index contributed by atoms with van der Waals surface area (Å²) in [5, 5.41) is 11.0. The molecule has 124 valence electrons. The van der Waals surface area contributed by atoms with E-state index in [1.165, 1.54) is 11.3 Å². The molecule has 1 aliphatic rings. The van der Waals surface area contributed by atoms with Gasteiger partial charge in [0.1, 0.15) is 5.75 Å². The molecule has 1 saturated heterocycles. The first kappa shape index (κ1) is 18.0. The smallest absolute Gasteiger partial charge is 0.122 e. The predicted octanol–water partition coefficient (Wildman–Crippen LogP) is 5.32. The highest BCUT2D eigenvalue weighted by Gasteiger charge is 2.28. The van der Waals surface area contributed by atoms with E-state index in [9.17, 15) is 5.11 Å². The molecule has 4 heteroatoms. The second-order valence-electron chi connectivity index (χ2n) is 6.66. The van der Waals surface area contributed by atoms with Crippen molar-refractivity contribution in [3.63, 3.8) is 0 Å². The van der Waals surface area contributed by atoms with Gasteiger partial charge in [-0.1, -0.05) is 27.7 Å². The van der Waals surface area contributed by atoms with Gasteiger partial charge in [-0.15, -0.1) is 23.4 Å².